The van der Waals surface area contributed by atoms with Crippen LogP contribution in [0.5, 0.6) is 0 Å². The quantitative estimate of drug-likeness (QED) is 0.519. The highest BCUT2D eigenvalue weighted by molar-refractivity contribution is 5.87. The summed E-state index contributed by atoms with van der Waals surface area (Å²) in [5.74, 6) is -1.30. The minimum Gasteiger partial charge on any atom is -0.453 e. The van der Waals surface area contributed by atoms with E-state index in [0.717, 1.165) is 0 Å². The fourth-order valence-corrected chi connectivity index (χ4v) is 1.02. The molecule has 0 spiro atoms. The van der Waals surface area contributed by atoms with Crippen LogP contribution in [0.3, 0.4) is 0 Å². The number of ether oxygens (including phenoxy) is 2. The number of carbonyl (C=O) groups is 1. The highest BCUT2D eigenvalue weighted by Gasteiger charge is 2.23. The average molecular weight is 197 g/mol. The summed E-state index contributed by atoms with van der Waals surface area (Å²) in [7, 11) is 0. The Morgan fingerprint density at radius 1 is 1.57 bits per heavy atom. The van der Waals surface area contributed by atoms with Crippen LogP contribution in [0.25, 0.3) is 0 Å². The Bertz CT molecular complexity index is 352. The fourth-order valence-electron chi connectivity index (χ4n) is 1.02. The van der Waals surface area contributed by atoms with Gasteiger partial charge in [-0.25, -0.2) is 9.78 Å². The number of rotatable bonds is 2. The van der Waals surface area contributed by atoms with E-state index in [1.54, 1.807) is 0 Å². The van der Waals surface area contributed by atoms with Gasteiger partial charge in [-0.2, -0.15) is 4.39 Å². The molecular formula is C9H8FNO3. The molecule has 0 amide bonds. The maximum atomic E-state index is 12.6. The largest absolute Gasteiger partial charge is 0.453 e. The summed E-state index contributed by atoms with van der Waals surface area (Å²) < 4.78 is 22.4. The second-order valence-corrected chi connectivity index (χ2v) is 2.91. The van der Waals surface area contributed by atoms with Crippen molar-refractivity contribution in [2.75, 3.05) is 13.2 Å². The van der Waals surface area contributed by atoms with Crippen LogP contribution in [0.15, 0.2) is 18.2 Å². The molecule has 0 bridgehead atoms. The molecule has 0 atom stereocenters. The first-order valence-electron chi connectivity index (χ1n) is 4.17. The van der Waals surface area contributed by atoms with Crippen molar-refractivity contribution in [2.24, 2.45) is 0 Å². The Kier molecular flexibility index (Phi) is 2.41. The first-order chi connectivity index (χ1) is 6.75. The van der Waals surface area contributed by atoms with Crippen molar-refractivity contribution in [2.45, 2.75) is 6.10 Å². The number of carbonyl (C=O) groups excluding carboxylic acids is 1. The van der Waals surface area contributed by atoms with Gasteiger partial charge in [0.2, 0.25) is 5.95 Å². The second kappa shape index (κ2) is 3.71. The zero-order valence-electron chi connectivity index (χ0n) is 7.27. The predicted octanol–water partition coefficient (Wildman–Crippen LogP) is 0.776. The molecule has 1 aliphatic rings. The summed E-state index contributed by atoms with van der Waals surface area (Å²) in [4.78, 5) is 14.7. The van der Waals surface area contributed by atoms with Gasteiger partial charge in [-0.1, -0.05) is 6.07 Å². The number of hydrogen-bond donors (Lipinski definition) is 0. The van der Waals surface area contributed by atoms with Gasteiger partial charge >= 0.3 is 5.97 Å². The van der Waals surface area contributed by atoms with Crippen molar-refractivity contribution < 1.29 is 18.7 Å². The first kappa shape index (κ1) is 9.08. The van der Waals surface area contributed by atoms with Crippen LogP contribution in [0.1, 0.15) is 10.5 Å². The van der Waals surface area contributed by atoms with E-state index >= 15 is 0 Å². The molecule has 74 valence electrons. The molecule has 5 heteroatoms. The lowest BCUT2D eigenvalue weighted by Crippen LogP contribution is -2.38. The minimum atomic E-state index is -0.690. The van der Waals surface area contributed by atoms with Crippen molar-refractivity contribution in [1.29, 1.82) is 0 Å². The van der Waals surface area contributed by atoms with Gasteiger partial charge in [0, 0.05) is 0 Å². The molecule has 0 N–H and O–H groups in total. The molecule has 14 heavy (non-hydrogen) atoms. The monoisotopic (exact) mass is 197 g/mol. The lowest BCUT2D eigenvalue weighted by Gasteiger charge is -2.25. The molecule has 1 aliphatic heterocycles. The van der Waals surface area contributed by atoms with Gasteiger partial charge in [-0.05, 0) is 12.1 Å². The van der Waals surface area contributed by atoms with Crippen LogP contribution in [0.2, 0.25) is 0 Å². The number of aromatic nitrogens is 1. The van der Waals surface area contributed by atoms with E-state index in [2.05, 4.69) is 4.98 Å². The van der Waals surface area contributed by atoms with Gasteiger partial charge in [0.05, 0.1) is 13.2 Å². The molecule has 0 saturated carbocycles. The van der Waals surface area contributed by atoms with Crippen LogP contribution < -0.4 is 0 Å². The number of pyridine rings is 1. The molecule has 4 nitrogen and oxygen atoms in total. The van der Waals surface area contributed by atoms with E-state index in [4.69, 9.17) is 9.47 Å². The molecule has 2 heterocycles. The topological polar surface area (TPSA) is 48.4 Å². The minimum absolute atomic E-state index is 0.0168. The lowest BCUT2D eigenvalue weighted by molar-refractivity contribution is -0.103. The normalized spacial score (nSPS) is 16.1. The van der Waals surface area contributed by atoms with Crippen molar-refractivity contribution >= 4 is 5.97 Å². The van der Waals surface area contributed by atoms with Gasteiger partial charge in [-0.15, -0.1) is 0 Å². The highest BCUT2D eigenvalue weighted by atomic mass is 19.1. The summed E-state index contributed by atoms with van der Waals surface area (Å²) in [6.45, 7) is 0.808. The van der Waals surface area contributed by atoms with E-state index in [9.17, 15) is 9.18 Å². The van der Waals surface area contributed by atoms with Crippen LogP contribution in [-0.2, 0) is 9.47 Å². The van der Waals surface area contributed by atoms with E-state index in [1.807, 2.05) is 0 Å². The van der Waals surface area contributed by atoms with Gasteiger partial charge in [0.1, 0.15) is 6.10 Å². The number of nitrogens with zero attached hydrogens (tertiary/aromatic N) is 1. The fraction of sp³-hybridized carbons (Fsp3) is 0.333. The Labute approximate surface area is 79.7 Å². The summed E-state index contributed by atoms with van der Waals surface area (Å²) in [5.41, 5.74) is -0.0168. The standard InChI is InChI=1S/C9H8FNO3/c10-8-3-1-2-7(11-8)9(12)14-6-4-13-5-6/h1-3,6H,4-5H2. The Balaban J connectivity index is 2.02. The van der Waals surface area contributed by atoms with E-state index < -0.39 is 11.9 Å². The molecule has 0 unspecified atom stereocenters. The van der Waals surface area contributed by atoms with Crippen LogP contribution in [0.4, 0.5) is 4.39 Å². The predicted molar refractivity (Wildman–Crippen MR) is 44.2 cm³/mol. The van der Waals surface area contributed by atoms with Crippen LogP contribution in [0, 0.1) is 5.95 Å². The first-order valence-corrected chi connectivity index (χ1v) is 4.17. The second-order valence-electron chi connectivity index (χ2n) is 2.91. The molecule has 0 aromatic carbocycles. The zero-order valence-corrected chi connectivity index (χ0v) is 7.27. The summed E-state index contributed by atoms with van der Waals surface area (Å²) in [6, 6.07) is 3.99. The van der Waals surface area contributed by atoms with Crippen LogP contribution >= 0.6 is 0 Å². The molecule has 1 aromatic rings. The number of esters is 1. The summed E-state index contributed by atoms with van der Waals surface area (Å²) in [5, 5.41) is 0. The molecule has 1 saturated heterocycles. The van der Waals surface area contributed by atoms with Crippen molar-refractivity contribution in [3.05, 3.63) is 29.8 Å². The molecule has 1 aromatic heterocycles. The smallest absolute Gasteiger partial charge is 0.357 e. The van der Waals surface area contributed by atoms with Crippen LogP contribution in [-0.4, -0.2) is 30.3 Å². The van der Waals surface area contributed by atoms with Gasteiger partial charge in [0.15, 0.2) is 5.69 Å². The average Bonchev–Trinajstić information content (AvgIpc) is 2.11. The summed E-state index contributed by atoms with van der Waals surface area (Å²) in [6.07, 6.45) is -0.215. The van der Waals surface area contributed by atoms with Gasteiger partial charge < -0.3 is 9.47 Å². The Hall–Kier alpha value is -1.49. The van der Waals surface area contributed by atoms with Crippen molar-refractivity contribution in [3.8, 4) is 0 Å². The van der Waals surface area contributed by atoms with E-state index in [1.165, 1.54) is 18.2 Å². The third-order valence-electron chi connectivity index (χ3n) is 1.81. The summed E-state index contributed by atoms with van der Waals surface area (Å²) >= 11 is 0. The molecule has 1 fully saturated rings. The molecular weight excluding hydrogens is 189 g/mol. The number of halogens is 1. The van der Waals surface area contributed by atoms with E-state index in [-0.39, 0.29) is 11.8 Å². The third kappa shape index (κ3) is 1.88. The maximum Gasteiger partial charge on any atom is 0.357 e. The van der Waals surface area contributed by atoms with E-state index in [0.29, 0.717) is 13.2 Å². The SMILES string of the molecule is O=C(OC1COC1)c1cccc(F)n1. The molecule has 0 aliphatic carbocycles. The number of hydrogen-bond acceptors (Lipinski definition) is 4. The lowest BCUT2D eigenvalue weighted by atomic mass is 10.3. The third-order valence-corrected chi connectivity index (χ3v) is 1.81. The van der Waals surface area contributed by atoms with Gasteiger partial charge in [-0.3, -0.25) is 0 Å². The Morgan fingerprint density at radius 2 is 2.36 bits per heavy atom. The molecule has 2 rings (SSSR count). The Morgan fingerprint density at radius 3 is 2.93 bits per heavy atom. The van der Waals surface area contributed by atoms with Crippen molar-refractivity contribution in [3.63, 3.8) is 0 Å². The van der Waals surface area contributed by atoms with Gasteiger partial charge in [0.25, 0.3) is 0 Å². The molecule has 0 radical (unpaired) electrons. The maximum absolute atomic E-state index is 12.6. The zero-order chi connectivity index (χ0) is 9.97. The highest BCUT2D eigenvalue weighted by Crippen LogP contribution is 2.08. The van der Waals surface area contributed by atoms with Crippen molar-refractivity contribution in [1.82, 2.24) is 4.98 Å².